The van der Waals surface area contributed by atoms with Crippen molar-refractivity contribution in [3.05, 3.63) is 93.6 Å². The molecule has 2 aromatic heterocycles. The molecule has 1 fully saturated rings. The van der Waals surface area contributed by atoms with Crippen molar-refractivity contribution in [2.75, 3.05) is 25.5 Å². The van der Waals surface area contributed by atoms with Crippen LogP contribution in [-0.4, -0.2) is 51.1 Å². The van der Waals surface area contributed by atoms with E-state index >= 15 is 4.39 Å². The monoisotopic (exact) mass is 553 g/mol. The molecule has 7 rings (SSSR count). The Bertz CT molecular complexity index is 1840. The molecular weight excluding hydrogens is 525 g/mol. The zero-order valence-corrected chi connectivity index (χ0v) is 22.8. The molecule has 2 aromatic carbocycles. The van der Waals surface area contributed by atoms with Crippen molar-refractivity contribution in [2.45, 2.75) is 18.9 Å². The summed E-state index contributed by atoms with van der Waals surface area (Å²) in [6.07, 6.45) is 6.43. The summed E-state index contributed by atoms with van der Waals surface area (Å²) in [6.45, 7) is 0.447. The summed E-state index contributed by atoms with van der Waals surface area (Å²) >= 11 is 0. The van der Waals surface area contributed by atoms with Crippen LogP contribution in [0.5, 0.6) is 5.75 Å². The maximum absolute atomic E-state index is 15.9. The van der Waals surface area contributed by atoms with Crippen molar-refractivity contribution in [1.82, 2.24) is 19.4 Å². The van der Waals surface area contributed by atoms with Crippen LogP contribution in [0, 0.1) is 11.3 Å². The highest BCUT2D eigenvalue weighted by molar-refractivity contribution is 5.94. The molecule has 10 heteroatoms. The lowest BCUT2D eigenvalue weighted by Gasteiger charge is -2.43. The van der Waals surface area contributed by atoms with E-state index in [0.717, 1.165) is 11.1 Å². The Morgan fingerprint density at radius 3 is 2.76 bits per heavy atom. The smallest absolute Gasteiger partial charge is 0.297 e. The van der Waals surface area contributed by atoms with Gasteiger partial charge in [-0.15, -0.1) is 0 Å². The summed E-state index contributed by atoms with van der Waals surface area (Å²) in [5.41, 5.74) is 1.80. The highest BCUT2D eigenvalue weighted by Crippen LogP contribution is 2.69. The quantitative estimate of drug-likeness (QED) is 0.396. The maximum Gasteiger partial charge on any atom is 0.297 e. The second-order valence-electron chi connectivity index (χ2n) is 11.2. The predicted octanol–water partition coefficient (Wildman–Crippen LogP) is 4.53. The minimum atomic E-state index is -0.864. The second-order valence-corrected chi connectivity index (χ2v) is 11.2. The molecule has 3 aliphatic rings. The Kier molecular flexibility index (Phi) is 5.47. The predicted molar refractivity (Wildman–Crippen MR) is 151 cm³/mol. The SMILES string of the molecule is CN(C)C(=O)c1ccc2c(c1)[C@H](C13CC1C=CC=C3F)N(c1nc(-c3nc4ccccc4o3)c(O)c(=O)n1C)CC2. The van der Waals surface area contributed by atoms with Gasteiger partial charge in [0.05, 0.1) is 11.5 Å². The molecule has 0 saturated heterocycles. The number of carbonyl (C=O) groups is 1. The third kappa shape index (κ3) is 3.66. The molecule has 0 bridgehead atoms. The van der Waals surface area contributed by atoms with Crippen molar-refractivity contribution < 1.29 is 18.7 Å². The van der Waals surface area contributed by atoms with E-state index in [1.165, 1.54) is 22.6 Å². The summed E-state index contributed by atoms with van der Waals surface area (Å²) in [5.74, 6) is -0.728. The van der Waals surface area contributed by atoms with Crippen LogP contribution in [0.1, 0.15) is 33.9 Å². The molecule has 0 spiro atoms. The first-order chi connectivity index (χ1) is 19.7. The van der Waals surface area contributed by atoms with Gasteiger partial charge in [-0.05, 0) is 60.2 Å². The fourth-order valence-electron chi connectivity index (χ4n) is 6.43. The van der Waals surface area contributed by atoms with Crippen LogP contribution in [-0.2, 0) is 13.5 Å². The van der Waals surface area contributed by atoms with Crippen molar-refractivity contribution in [2.24, 2.45) is 18.4 Å². The molecule has 2 aliphatic carbocycles. The minimum Gasteiger partial charge on any atom is -0.501 e. The van der Waals surface area contributed by atoms with Crippen LogP contribution in [0.15, 0.2) is 75.7 Å². The van der Waals surface area contributed by atoms with Crippen LogP contribution >= 0.6 is 0 Å². The fourth-order valence-corrected chi connectivity index (χ4v) is 6.43. The highest BCUT2D eigenvalue weighted by Gasteiger charge is 2.65. The van der Waals surface area contributed by atoms with Gasteiger partial charge in [0.2, 0.25) is 11.7 Å². The number of anilines is 1. The Labute approximate surface area is 234 Å². The number of benzene rings is 2. The number of fused-ring (bicyclic) bond motifs is 3. The van der Waals surface area contributed by atoms with E-state index in [4.69, 9.17) is 9.40 Å². The molecule has 1 N–H and O–H groups in total. The average molecular weight is 554 g/mol. The van der Waals surface area contributed by atoms with Gasteiger partial charge >= 0.3 is 0 Å². The van der Waals surface area contributed by atoms with Gasteiger partial charge in [-0.25, -0.2) is 14.4 Å². The van der Waals surface area contributed by atoms with Gasteiger partial charge in [-0.1, -0.05) is 30.4 Å². The van der Waals surface area contributed by atoms with Crippen molar-refractivity contribution >= 4 is 23.0 Å². The van der Waals surface area contributed by atoms with E-state index < -0.39 is 22.8 Å². The Hall–Kier alpha value is -4.73. The second kappa shape index (κ2) is 8.89. The number of allylic oxidation sites excluding steroid dienone is 3. The van der Waals surface area contributed by atoms with E-state index in [1.54, 1.807) is 38.4 Å². The van der Waals surface area contributed by atoms with Crippen LogP contribution in [0.4, 0.5) is 10.3 Å². The number of para-hydroxylation sites is 2. The van der Waals surface area contributed by atoms with Crippen molar-refractivity contribution in [3.63, 3.8) is 0 Å². The lowest BCUT2D eigenvalue weighted by atomic mass is 9.78. The van der Waals surface area contributed by atoms with Gasteiger partial charge in [0, 0.05) is 33.3 Å². The van der Waals surface area contributed by atoms with Gasteiger partial charge in [-0.3, -0.25) is 14.2 Å². The molecule has 9 nitrogen and oxygen atoms in total. The number of carbonyl (C=O) groups excluding carboxylic acids is 1. The maximum atomic E-state index is 15.9. The summed E-state index contributed by atoms with van der Waals surface area (Å²) in [5, 5.41) is 10.9. The van der Waals surface area contributed by atoms with Crippen molar-refractivity contribution in [3.8, 4) is 17.3 Å². The summed E-state index contributed by atoms with van der Waals surface area (Å²) < 4.78 is 23.0. The molecule has 41 heavy (non-hydrogen) atoms. The molecule has 2 unspecified atom stereocenters. The first-order valence-corrected chi connectivity index (χ1v) is 13.5. The van der Waals surface area contributed by atoms with Gasteiger partial charge in [0.15, 0.2) is 11.3 Å². The Balaban J connectivity index is 1.43. The Morgan fingerprint density at radius 2 is 2.00 bits per heavy atom. The zero-order valence-electron chi connectivity index (χ0n) is 22.8. The summed E-state index contributed by atoms with van der Waals surface area (Å²) in [6, 6.07) is 12.2. The standard InChI is InChI=1S/C31H28FN5O4/c1-35(2)28(39)18-12-11-17-13-14-37(26(20(17)15-18)31-16-19(31)7-6-10-23(31)32)30-34-24(25(38)29(40)36(30)3)27-33-21-8-4-5-9-22(21)41-27/h4-12,15,19,26,38H,13-14,16H2,1-3H3/t19?,26-,31?/m1/s1. The number of hydrogen-bond acceptors (Lipinski definition) is 7. The number of rotatable bonds is 4. The third-order valence-corrected chi connectivity index (χ3v) is 8.60. The van der Waals surface area contributed by atoms with E-state index in [-0.39, 0.29) is 35.2 Å². The van der Waals surface area contributed by atoms with Crippen LogP contribution in [0.3, 0.4) is 0 Å². The van der Waals surface area contributed by atoms with Gasteiger partial charge < -0.3 is 19.3 Å². The first-order valence-electron chi connectivity index (χ1n) is 13.5. The normalized spacial score (nSPS) is 22.7. The molecule has 4 aromatic rings. The lowest BCUT2D eigenvalue weighted by molar-refractivity contribution is 0.0827. The van der Waals surface area contributed by atoms with E-state index in [9.17, 15) is 14.7 Å². The molecule has 3 heterocycles. The summed E-state index contributed by atoms with van der Waals surface area (Å²) in [7, 11) is 4.92. The van der Waals surface area contributed by atoms with Crippen LogP contribution < -0.4 is 10.5 Å². The van der Waals surface area contributed by atoms with Crippen molar-refractivity contribution in [1.29, 1.82) is 0 Å². The number of halogens is 1. The van der Waals surface area contributed by atoms with E-state index in [0.29, 0.717) is 36.0 Å². The number of nitrogens with zero attached hydrogens (tertiary/aromatic N) is 5. The molecular formula is C31H28FN5O4. The highest BCUT2D eigenvalue weighted by atomic mass is 19.1. The summed E-state index contributed by atoms with van der Waals surface area (Å²) in [4.78, 5) is 39.0. The fraction of sp³-hybridized carbons (Fsp3) is 0.290. The number of aromatic hydroxyl groups is 1. The number of oxazole rings is 1. The van der Waals surface area contributed by atoms with Gasteiger partial charge in [0.25, 0.3) is 17.4 Å². The van der Waals surface area contributed by atoms with Crippen LogP contribution in [0.25, 0.3) is 22.7 Å². The zero-order chi connectivity index (χ0) is 28.6. The first kappa shape index (κ1) is 25.3. The molecule has 1 aliphatic heterocycles. The number of aromatic nitrogens is 3. The molecule has 0 radical (unpaired) electrons. The van der Waals surface area contributed by atoms with E-state index in [1.807, 2.05) is 35.2 Å². The molecule has 1 amide bonds. The molecule has 1 saturated carbocycles. The van der Waals surface area contributed by atoms with E-state index in [2.05, 4.69) is 4.98 Å². The Morgan fingerprint density at radius 1 is 1.20 bits per heavy atom. The topological polar surface area (TPSA) is 105 Å². The number of hydrogen-bond donors (Lipinski definition) is 1. The average Bonchev–Trinajstić information content (AvgIpc) is 3.57. The van der Waals surface area contributed by atoms with Gasteiger partial charge in [0.1, 0.15) is 11.3 Å². The number of amides is 1. The largest absolute Gasteiger partial charge is 0.501 e. The molecule has 3 atom stereocenters. The molecule has 208 valence electrons. The minimum absolute atomic E-state index is 0.0182. The van der Waals surface area contributed by atoms with Crippen LogP contribution in [0.2, 0.25) is 0 Å². The van der Waals surface area contributed by atoms with Gasteiger partial charge in [-0.2, -0.15) is 0 Å². The third-order valence-electron chi connectivity index (χ3n) is 8.60. The lowest BCUT2D eigenvalue weighted by Crippen LogP contribution is -2.44.